The van der Waals surface area contributed by atoms with E-state index in [1.165, 1.54) is 0 Å². The Kier molecular flexibility index (Phi) is 7.86. The average molecular weight is 458 g/mol. The van der Waals surface area contributed by atoms with Crippen LogP contribution in [0, 0.1) is 0 Å². The SMILES string of the molecule is CCCP(OP(=O)(OCC)OCC)(c1ccccc1)(c1ccccc1)c1ccccc1. The first kappa shape index (κ1) is 23.9. The molecule has 0 unspecified atom stereocenters. The van der Waals surface area contributed by atoms with Gasteiger partial charge < -0.3 is 0 Å². The van der Waals surface area contributed by atoms with Gasteiger partial charge in [0.1, 0.15) is 0 Å². The van der Waals surface area contributed by atoms with Crippen LogP contribution in [0.4, 0.5) is 0 Å². The van der Waals surface area contributed by atoms with Gasteiger partial charge in [0.15, 0.2) is 0 Å². The second-order valence-corrected chi connectivity index (χ2v) is 13.8. The maximum absolute atomic E-state index is 14.0. The van der Waals surface area contributed by atoms with Gasteiger partial charge in [0.05, 0.1) is 0 Å². The summed E-state index contributed by atoms with van der Waals surface area (Å²) in [5, 5.41) is 3.02. The number of hydrogen-bond acceptors (Lipinski definition) is 4. The Hall–Kier alpha value is -1.80. The topological polar surface area (TPSA) is 44.8 Å². The predicted molar refractivity (Wildman–Crippen MR) is 132 cm³/mol. The third-order valence-electron chi connectivity index (χ3n) is 5.41. The van der Waals surface area contributed by atoms with Crippen molar-refractivity contribution in [1.29, 1.82) is 0 Å². The van der Waals surface area contributed by atoms with Crippen LogP contribution in [-0.2, 0) is 17.9 Å². The first-order valence-electron chi connectivity index (χ1n) is 10.8. The molecule has 0 heterocycles. The molecule has 0 saturated heterocycles. The van der Waals surface area contributed by atoms with Crippen molar-refractivity contribution >= 4 is 30.6 Å². The van der Waals surface area contributed by atoms with Gasteiger partial charge in [-0.2, -0.15) is 0 Å². The molecule has 0 radical (unpaired) electrons. The molecule has 0 fully saturated rings. The van der Waals surface area contributed by atoms with E-state index in [1.54, 1.807) is 13.8 Å². The van der Waals surface area contributed by atoms with Crippen LogP contribution in [0.25, 0.3) is 0 Å². The van der Waals surface area contributed by atoms with Crippen molar-refractivity contribution in [2.45, 2.75) is 27.2 Å². The summed E-state index contributed by atoms with van der Waals surface area (Å²) >= 11 is 0. The molecule has 0 N–H and O–H groups in total. The third-order valence-corrected chi connectivity index (χ3v) is 14.3. The van der Waals surface area contributed by atoms with Crippen LogP contribution in [0.2, 0.25) is 0 Å². The van der Waals surface area contributed by atoms with Crippen LogP contribution in [0.5, 0.6) is 0 Å². The van der Waals surface area contributed by atoms with Crippen LogP contribution in [0.1, 0.15) is 27.2 Å². The fourth-order valence-corrected chi connectivity index (χ4v) is 13.5. The molecule has 0 amide bonds. The van der Waals surface area contributed by atoms with Gasteiger partial charge in [-0.25, -0.2) is 0 Å². The second-order valence-electron chi connectivity index (χ2n) is 7.31. The van der Waals surface area contributed by atoms with Crippen LogP contribution in [0.15, 0.2) is 91.0 Å². The van der Waals surface area contributed by atoms with Gasteiger partial charge in [-0.1, -0.05) is 0 Å². The summed E-state index contributed by atoms with van der Waals surface area (Å²) in [6.07, 6.45) is 1.50. The van der Waals surface area contributed by atoms with Crippen LogP contribution in [0.3, 0.4) is 0 Å². The minimum absolute atomic E-state index is 0.230. The van der Waals surface area contributed by atoms with E-state index in [4.69, 9.17) is 13.4 Å². The number of phosphoric ester groups is 1. The molecule has 4 nitrogen and oxygen atoms in total. The summed E-state index contributed by atoms with van der Waals surface area (Å²) in [4.78, 5) is 0. The molecule has 0 atom stereocenters. The Morgan fingerprint density at radius 2 is 1.00 bits per heavy atom. The van der Waals surface area contributed by atoms with Crippen LogP contribution < -0.4 is 15.9 Å². The van der Waals surface area contributed by atoms with Crippen LogP contribution >= 0.6 is 14.7 Å². The summed E-state index contributed by atoms with van der Waals surface area (Å²) in [6, 6.07) is 30.5. The fraction of sp³-hybridized carbons (Fsp3) is 0.280. The monoisotopic (exact) mass is 458 g/mol. The Labute approximate surface area is 186 Å². The molecular formula is C25H32O4P2. The summed E-state index contributed by atoms with van der Waals surface area (Å²) in [5.41, 5.74) is 0. The molecule has 31 heavy (non-hydrogen) atoms. The van der Waals surface area contributed by atoms with Gasteiger partial charge in [0.25, 0.3) is 0 Å². The molecule has 3 rings (SSSR count). The molecule has 0 bridgehead atoms. The average Bonchev–Trinajstić information content (AvgIpc) is 2.81. The summed E-state index contributed by atoms with van der Waals surface area (Å²) in [7, 11) is -3.87. The zero-order chi connectivity index (χ0) is 22.2. The van der Waals surface area contributed by atoms with E-state index in [-0.39, 0.29) is 13.2 Å². The molecule has 0 aliphatic carbocycles. The number of hydrogen-bond donors (Lipinski definition) is 0. The zero-order valence-corrected chi connectivity index (χ0v) is 20.3. The predicted octanol–water partition coefficient (Wildman–Crippen LogP) is 6.04. The van der Waals surface area contributed by atoms with Crippen LogP contribution in [-0.4, -0.2) is 19.4 Å². The maximum atomic E-state index is 14.0. The minimum atomic E-state index is -3.87. The summed E-state index contributed by atoms with van der Waals surface area (Å²) in [5.74, 6) is 0. The molecule has 0 spiro atoms. The van der Waals surface area contributed by atoms with Crippen molar-refractivity contribution in [1.82, 2.24) is 0 Å². The molecule has 3 aromatic rings. The number of rotatable bonds is 11. The molecule has 166 valence electrons. The quantitative estimate of drug-likeness (QED) is 0.329. The Morgan fingerprint density at radius 3 is 1.29 bits per heavy atom. The van der Waals surface area contributed by atoms with Crippen molar-refractivity contribution < 1.29 is 17.9 Å². The van der Waals surface area contributed by atoms with E-state index in [2.05, 4.69) is 43.3 Å². The van der Waals surface area contributed by atoms with Gasteiger partial charge in [0.2, 0.25) is 0 Å². The van der Waals surface area contributed by atoms with Crippen molar-refractivity contribution in [3.8, 4) is 0 Å². The first-order valence-corrected chi connectivity index (χ1v) is 14.6. The van der Waals surface area contributed by atoms with E-state index < -0.39 is 14.7 Å². The van der Waals surface area contributed by atoms with E-state index in [9.17, 15) is 4.57 Å². The molecular weight excluding hydrogens is 426 g/mol. The standard InChI is InChI=1S/C25H32O4P2/c1-4-22-31(23-16-10-7-11-17-23,24-18-12-8-13-19-24,25-20-14-9-15-21-25)29-30(26,27-5-2)28-6-3/h7-21H,4-6,22H2,1-3H3. The van der Waals surface area contributed by atoms with Crippen molar-refractivity contribution in [2.24, 2.45) is 0 Å². The van der Waals surface area contributed by atoms with Crippen molar-refractivity contribution in [2.75, 3.05) is 19.4 Å². The van der Waals surface area contributed by atoms with E-state index >= 15 is 0 Å². The molecule has 0 saturated carbocycles. The third kappa shape index (κ3) is 4.42. The van der Waals surface area contributed by atoms with Gasteiger partial charge in [0, 0.05) is 0 Å². The van der Waals surface area contributed by atoms with Gasteiger partial charge >= 0.3 is 186 Å². The van der Waals surface area contributed by atoms with Crippen molar-refractivity contribution in [3.63, 3.8) is 0 Å². The van der Waals surface area contributed by atoms with Gasteiger partial charge in [-0.05, 0) is 0 Å². The Bertz CT molecular complexity index is 884. The van der Waals surface area contributed by atoms with E-state index in [1.807, 2.05) is 54.6 Å². The first-order chi connectivity index (χ1) is 15.0. The normalized spacial score (nSPS) is 13.5. The number of phosphoric acid groups is 1. The van der Waals surface area contributed by atoms with Crippen molar-refractivity contribution in [3.05, 3.63) is 91.0 Å². The number of benzene rings is 3. The molecule has 6 heteroatoms. The molecule has 0 aliphatic heterocycles. The fourth-order valence-electron chi connectivity index (χ4n) is 4.29. The second kappa shape index (κ2) is 10.2. The molecule has 0 aromatic heterocycles. The molecule has 0 aliphatic rings. The van der Waals surface area contributed by atoms with E-state index in [0.717, 1.165) is 22.3 Å². The Balaban J connectivity index is 2.49. The van der Waals surface area contributed by atoms with Gasteiger partial charge in [-0.3, -0.25) is 0 Å². The summed E-state index contributed by atoms with van der Waals surface area (Å²) in [6.45, 7) is 2.48. The summed E-state index contributed by atoms with van der Waals surface area (Å²) < 4.78 is 32.3. The Morgan fingerprint density at radius 1 is 0.645 bits per heavy atom. The molecule has 3 aromatic carbocycles. The van der Waals surface area contributed by atoms with Gasteiger partial charge in [-0.15, -0.1) is 0 Å². The zero-order valence-electron chi connectivity index (χ0n) is 18.5. The van der Waals surface area contributed by atoms with E-state index in [0.29, 0.717) is 6.16 Å².